The standard InChI is InChI=1S/C27H26N2OS/c1-27(2,3)23-16-14-22(15-17-23)25(30)29(18-20-10-6-4-7-11-20)26-28-24(19-31-26)21-12-8-5-9-13-21/h4-17,19H,18H2,1-3H3. The molecule has 0 atom stereocenters. The van der Waals surface area contributed by atoms with E-state index < -0.39 is 0 Å². The van der Waals surface area contributed by atoms with Crippen molar-refractivity contribution in [3.8, 4) is 11.3 Å². The Bertz CT molecular complexity index is 1140. The first-order valence-corrected chi connectivity index (χ1v) is 11.3. The van der Waals surface area contributed by atoms with Crippen LogP contribution in [0.3, 0.4) is 0 Å². The zero-order valence-electron chi connectivity index (χ0n) is 18.1. The van der Waals surface area contributed by atoms with Gasteiger partial charge in [-0.2, -0.15) is 0 Å². The molecule has 1 aromatic heterocycles. The van der Waals surface area contributed by atoms with Gasteiger partial charge in [-0.15, -0.1) is 11.3 Å². The van der Waals surface area contributed by atoms with Crippen LogP contribution in [0.25, 0.3) is 11.3 Å². The average molecular weight is 427 g/mol. The first-order chi connectivity index (χ1) is 14.9. The van der Waals surface area contributed by atoms with E-state index in [0.29, 0.717) is 17.2 Å². The molecule has 0 bridgehead atoms. The van der Waals surface area contributed by atoms with E-state index in [2.05, 4.69) is 20.8 Å². The predicted molar refractivity (Wildman–Crippen MR) is 130 cm³/mol. The third kappa shape index (κ3) is 4.92. The van der Waals surface area contributed by atoms with Crippen LogP contribution in [0.2, 0.25) is 0 Å². The predicted octanol–water partition coefficient (Wildman–Crippen LogP) is 6.95. The normalized spacial score (nSPS) is 11.3. The fourth-order valence-corrected chi connectivity index (χ4v) is 4.22. The van der Waals surface area contributed by atoms with Crippen molar-refractivity contribution in [2.75, 3.05) is 4.90 Å². The zero-order chi connectivity index (χ0) is 21.8. The van der Waals surface area contributed by atoms with Crippen LogP contribution in [0.15, 0.2) is 90.3 Å². The van der Waals surface area contributed by atoms with Gasteiger partial charge < -0.3 is 0 Å². The van der Waals surface area contributed by atoms with Gasteiger partial charge in [0.05, 0.1) is 12.2 Å². The Labute approximate surface area is 188 Å². The summed E-state index contributed by atoms with van der Waals surface area (Å²) in [4.78, 5) is 20.1. The molecule has 3 nitrogen and oxygen atoms in total. The Kier molecular flexibility index (Phi) is 6.01. The number of anilines is 1. The number of hydrogen-bond donors (Lipinski definition) is 0. The lowest BCUT2D eigenvalue weighted by molar-refractivity contribution is 0.0985. The van der Waals surface area contributed by atoms with Crippen LogP contribution in [0, 0.1) is 0 Å². The van der Waals surface area contributed by atoms with E-state index in [1.807, 2.05) is 90.3 Å². The van der Waals surface area contributed by atoms with Crippen LogP contribution in [0.4, 0.5) is 5.13 Å². The largest absolute Gasteiger partial charge is 0.279 e. The summed E-state index contributed by atoms with van der Waals surface area (Å²) in [5.74, 6) is -0.0433. The van der Waals surface area contributed by atoms with Crippen molar-refractivity contribution in [3.05, 3.63) is 107 Å². The second kappa shape index (κ2) is 8.86. The van der Waals surface area contributed by atoms with E-state index in [0.717, 1.165) is 16.8 Å². The maximum atomic E-state index is 13.5. The monoisotopic (exact) mass is 426 g/mol. The first-order valence-electron chi connectivity index (χ1n) is 10.4. The number of carbonyl (C=O) groups is 1. The Balaban J connectivity index is 1.68. The molecule has 4 aromatic rings. The number of amides is 1. The summed E-state index contributed by atoms with van der Waals surface area (Å²) in [6.07, 6.45) is 0. The summed E-state index contributed by atoms with van der Waals surface area (Å²) in [5, 5.41) is 2.71. The van der Waals surface area contributed by atoms with Gasteiger partial charge in [-0.05, 0) is 28.7 Å². The topological polar surface area (TPSA) is 33.2 Å². The molecule has 0 spiro atoms. The van der Waals surface area contributed by atoms with Crippen molar-refractivity contribution in [3.63, 3.8) is 0 Å². The highest BCUT2D eigenvalue weighted by molar-refractivity contribution is 7.14. The van der Waals surface area contributed by atoms with Gasteiger partial charge in [0.25, 0.3) is 5.91 Å². The van der Waals surface area contributed by atoms with Gasteiger partial charge in [0, 0.05) is 16.5 Å². The molecule has 0 N–H and O–H groups in total. The minimum Gasteiger partial charge on any atom is -0.279 e. The lowest BCUT2D eigenvalue weighted by Crippen LogP contribution is -2.30. The van der Waals surface area contributed by atoms with Crippen molar-refractivity contribution in [2.45, 2.75) is 32.7 Å². The van der Waals surface area contributed by atoms with E-state index in [9.17, 15) is 4.79 Å². The molecule has 0 saturated heterocycles. The zero-order valence-corrected chi connectivity index (χ0v) is 18.9. The Morgan fingerprint density at radius 3 is 2.10 bits per heavy atom. The Morgan fingerprint density at radius 1 is 0.871 bits per heavy atom. The summed E-state index contributed by atoms with van der Waals surface area (Å²) in [7, 11) is 0. The highest BCUT2D eigenvalue weighted by Gasteiger charge is 2.22. The van der Waals surface area contributed by atoms with Crippen LogP contribution >= 0.6 is 11.3 Å². The molecular weight excluding hydrogens is 400 g/mol. The quantitative estimate of drug-likeness (QED) is 0.346. The Morgan fingerprint density at radius 2 is 1.48 bits per heavy atom. The Hall–Kier alpha value is -3.24. The summed E-state index contributed by atoms with van der Waals surface area (Å²) in [6.45, 7) is 6.99. The number of hydrogen-bond acceptors (Lipinski definition) is 3. The van der Waals surface area contributed by atoms with Crippen molar-refractivity contribution in [2.24, 2.45) is 0 Å². The molecule has 1 heterocycles. The van der Waals surface area contributed by atoms with Gasteiger partial charge in [0.15, 0.2) is 5.13 Å². The molecule has 4 heteroatoms. The van der Waals surface area contributed by atoms with Gasteiger partial charge in [-0.25, -0.2) is 4.98 Å². The first kappa shape index (κ1) is 21.0. The second-order valence-electron chi connectivity index (χ2n) is 8.59. The number of thiazole rings is 1. The summed E-state index contributed by atoms with van der Waals surface area (Å²) >= 11 is 1.50. The number of carbonyl (C=O) groups excluding carboxylic acids is 1. The van der Waals surface area contributed by atoms with Crippen molar-refractivity contribution >= 4 is 22.4 Å². The molecule has 0 aliphatic rings. The lowest BCUT2D eigenvalue weighted by Gasteiger charge is -2.22. The molecule has 0 fully saturated rings. The van der Waals surface area contributed by atoms with Crippen molar-refractivity contribution in [1.29, 1.82) is 0 Å². The van der Waals surface area contributed by atoms with E-state index in [1.54, 1.807) is 4.90 Å². The van der Waals surface area contributed by atoms with Crippen molar-refractivity contribution < 1.29 is 4.79 Å². The molecule has 156 valence electrons. The molecular formula is C27H26N2OS. The average Bonchev–Trinajstić information content (AvgIpc) is 3.28. The minimum atomic E-state index is -0.0433. The van der Waals surface area contributed by atoms with Crippen LogP contribution in [-0.2, 0) is 12.0 Å². The molecule has 1 amide bonds. The molecule has 0 aliphatic heterocycles. The number of rotatable bonds is 5. The third-order valence-electron chi connectivity index (χ3n) is 5.22. The maximum absolute atomic E-state index is 13.5. The third-order valence-corrected chi connectivity index (χ3v) is 6.08. The van der Waals surface area contributed by atoms with Crippen LogP contribution in [-0.4, -0.2) is 10.9 Å². The van der Waals surface area contributed by atoms with Crippen molar-refractivity contribution in [1.82, 2.24) is 4.98 Å². The van der Waals surface area contributed by atoms with Gasteiger partial charge in [-0.1, -0.05) is 93.6 Å². The summed E-state index contributed by atoms with van der Waals surface area (Å²) in [6, 6.07) is 28.0. The minimum absolute atomic E-state index is 0.0433. The fraction of sp³-hybridized carbons (Fsp3) is 0.185. The highest BCUT2D eigenvalue weighted by Crippen LogP contribution is 2.30. The molecule has 31 heavy (non-hydrogen) atoms. The number of aromatic nitrogens is 1. The van der Waals surface area contributed by atoms with Gasteiger partial charge >= 0.3 is 0 Å². The fourth-order valence-electron chi connectivity index (χ4n) is 3.39. The highest BCUT2D eigenvalue weighted by atomic mass is 32.1. The van der Waals surface area contributed by atoms with Gasteiger partial charge in [-0.3, -0.25) is 9.69 Å². The van der Waals surface area contributed by atoms with E-state index in [4.69, 9.17) is 4.98 Å². The van der Waals surface area contributed by atoms with Crippen LogP contribution in [0.1, 0.15) is 42.3 Å². The van der Waals surface area contributed by atoms with Crippen LogP contribution in [0.5, 0.6) is 0 Å². The molecule has 0 radical (unpaired) electrons. The number of benzene rings is 3. The van der Waals surface area contributed by atoms with Crippen LogP contribution < -0.4 is 4.90 Å². The lowest BCUT2D eigenvalue weighted by atomic mass is 9.86. The molecule has 0 unspecified atom stereocenters. The summed E-state index contributed by atoms with van der Waals surface area (Å²) in [5.41, 5.74) is 4.92. The molecule has 4 rings (SSSR count). The van der Waals surface area contributed by atoms with E-state index in [1.165, 1.54) is 16.9 Å². The smallest absolute Gasteiger partial charge is 0.260 e. The van der Waals surface area contributed by atoms with Gasteiger partial charge in [0.2, 0.25) is 0 Å². The SMILES string of the molecule is CC(C)(C)c1ccc(C(=O)N(Cc2ccccc2)c2nc(-c3ccccc3)cs2)cc1. The van der Waals surface area contributed by atoms with E-state index in [-0.39, 0.29) is 11.3 Å². The number of nitrogens with zero attached hydrogens (tertiary/aromatic N) is 2. The molecule has 0 aliphatic carbocycles. The van der Waals surface area contributed by atoms with E-state index >= 15 is 0 Å². The summed E-state index contributed by atoms with van der Waals surface area (Å²) < 4.78 is 0. The maximum Gasteiger partial charge on any atom is 0.260 e. The molecule has 3 aromatic carbocycles. The van der Waals surface area contributed by atoms with Gasteiger partial charge in [0.1, 0.15) is 0 Å². The molecule has 0 saturated carbocycles. The second-order valence-corrected chi connectivity index (χ2v) is 9.42.